The summed E-state index contributed by atoms with van der Waals surface area (Å²) in [6.07, 6.45) is 7.49. The Morgan fingerprint density at radius 1 is 0.543 bits per heavy atom. The number of carboxylic acid groups (broad SMARTS) is 1. The number of nitrogens with one attached hydrogen (secondary N) is 4. The monoisotopic (exact) mass is 659 g/mol. The number of carboxylic acids is 1. The number of carbonyl (C=O) groups excluding carboxylic acids is 4. The van der Waals surface area contributed by atoms with E-state index < -0.39 is 16.8 Å². The summed E-state index contributed by atoms with van der Waals surface area (Å²) >= 11 is 0. The Hall–Kier alpha value is -2.73. The van der Waals surface area contributed by atoms with E-state index in [9.17, 15) is 24.0 Å². The molecule has 0 aliphatic carbocycles. The van der Waals surface area contributed by atoms with Crippen molar-refractivity contribution in [3.05, 3.63) is 0 Å². The standard InChI is InChI=1S/C20H40N4O3.C10H22N2O.C4H8O2/c1-6-11-16(25)22-14-10-15-24-18(27)20(5,8-3)19(4,7-2)17(26)23-13-9-12-21;1-4-10(3,5-2)9(13)12-8-6-7-11;1-2-3-4(5)6/h6-15,21H2,1-5H3,(H,22,25)(H,23,26)(H,24,27);4-8,11H2,1-3H3,(H,12,13);2-3H2,1H3,(H,5,6). The van der Waals surface area contributed by atoms with E-state index in [-0.39, 0.29) is 29.0 Å². The second kappa shape index (κ2) is 27.4. The van der Waals surface area contributed by atoms with Gasteiger partial charge in [0.25, 0.3) is 0 Å². The lowest BCUT2D eigenvalue weighted by molar-refractivity contribution is -0.150. The van der Waals surface area contributed by atoms with Gasteiger partial charge in [-0.25, -0.2) is 0 Å². The Bertz CT molecular complexity index is 867. The fourth-order valence-electron chi connectivity index (χ4n) is 4.43. The predicted molar refractivity (Wildman–Crippen MR) is 187 cm³/mol. The average Bonchev–Trinajstić information content (AvgIpc) is 3.03. The van der Waals surface area contributed by atoms with Crippen molar-refractivity contribution in [2.24, 2.45) is 27.7 Å². The van der Waals surface area contributed by atoms with Crippen LogP contribution in [0.15, 0.2) is 0 Å². The van der Waals surface area contributed by atoms with Gasteiger partial charge in [-0.05, 0) is 84.7 Å². The van der Waals surface area contributed by atoms with Crippen LogP contribution in [0.2, 0.25) is 0 Å². The predicted octanol–water partition coefficient (Wildman–Crippen LogP) is 3.86. The summed E-state index contributed by atoms with van der Waals surface area (Å²) in [5.41, 5.74) is 9.00. The van der Waals surface area contributed by atoms with Crippen LogP contribution in [-0.4, -0.2) is 74.0 Å². The third kappa shape index (κ3) is 18.4. The van der Waals surface area contributed by atoms with Gasteiger partial charge in [-0.2, -0.15) is 0 Å². The van der Waals surface area contributed by atoms with Crippen LogP contribution in [-0.2, 0) is 24.0 Å². The third-order valence-electron chi connectivity index (χ3n) is 8.98. The molecule has 46 heavy (non-hydrogen) atoms. The van der Waals surface area contributed by atoms with Gasteiger partial charge in [0.2, 0.25) is 23.6 Å². The van der Waals surface area contributed by atoms with Crippen LogP contribution < -0.4 is 32.7 Å². The quantitative estimate of drug-likeness (QED) is 0.0849. The van der Waals surface area contributed by atoms with Crippen molar-refractivity contribution >= 4 is 29.6 Å². The van der Waals surface area contributed by atoms with Gasteiger partial charge in [0.1, 0.15) is 0 Å². The minimum atomic E-state index is -0.819. The largest absolute Gasteiger partial charge is 0.481 e. The maximum Gasteiger partial charge on any atom is 0.303 e. The highest BCUT2D eigenvalue weighted by atomic mass is 16.4. The molecule has 12 nitrogen and oxygen atoms in total. The van der Waals surface area contributed by atoms with E-state index in [2.05, 4.69) is 21.3 Å². The summed E-state index contributed by atoms with van der Waals surface area (Å²) in [5, 5.41) is 19.5. The molecule has 12 heteroatoms. The molecule has 0 aromatic carbocycles. The van der Waals surface area contributed by atoms with Crippen LogP contribution in [0, 0.1) is 16.2 Å². The van der Waals surface area contributed by atoms with E-state index in [1.807, 2.05) is 62.3 Å². The highest BCUT2D eigenvalue weighted by Gasteiger charge is 2.52. The zero-order chi connectivity index (χ0) is 36.2. The summed E-state index contributed by atoms with van der Waals surface area (Å²) in [4.78, 5) is 58.4. The van der Waals surface area contributed by atoms with Gasteiger partial charge in [0.05, 0.1) is 10.8 Å². The lowest BCUT2D eigenvalue weighted by atomic mass is 9.61. The van der Waals surface area contributed by atoms with Crippen LogP contribution in [0.4, 0.5) is 0 Å². The minimum absolute atomic E-state index is 0.0370. The minimum Gasteiger partial charge on any atom is -0.481 e. The van der Waals surface area contributed by atoms with Gasteiger partial charge in [0, 0.05) is 44.4 Å². The Morgan fingerprint density at radius 2 is 0.913 bits per heavy atom. The molecule has 0 fully saturated rings. The molecule has 0 bridgehead atoms. The number of rotatable bonds is 22. The van der Waals surface area contributed by atoms with Gasteiger partial charge in [-0.3, -0.25) is 24.0 Å². The van der Waals surface area contributed by atoms with Crippen LogP contribution >= 0.6 is 0 Å². The molecule has 0 aliphatic rings. The zero-order valence-electron chi connectivity index (χ0n) is 30.7. The summed E-state index contributed by atoms with van der Waals surface area (Å²) in [7, 11) is 0. The number of amides is 4. The maximum atomic E-state index is 12.9. The van der Waals surface area contributed by atoms with Gasteiger partial charge in [-0.15, -0.1) is 0 Å². The molecule has 0 rings (SSSR count). The molecule has 0 aromatic heterocycles. The summed E-state index contributed by atoms with van der Waals surface area (Å²) in [6.45, 7) is 20.9. The van der Waals surface area contributed by atoms with Gasteiger partial charge in [0.15, 0.2) is 0 Å². The summed E-state index contributed by atoms with van der Waals surface area (Å²) in [5.74, 6) is -0.744. The first-order valence-electron chi connectivity index (χ1n) is 17.3. The molecule has 2 atom stereocenters. The van der Waals surface area contributed by atoms with Crippen molar-refractivity contribution in [3.63, 3.8) is 0 Å². The van der Waals surface area contributed by atoms with Crippen LogP contribution in [0.25, 0.3) is 0 Å². The van der Waals surface area contributed by atoms with E-state index in [1.165, 1.54) is 0 Å². The summed E-state index contributed by atoms with van der Waals surface area (Å²) in [6, 6.07) is 0. The molecule has 2 unspecified atom stereocenters. The zero-order valence-corrected chi connectivity index (χ0v) is 30.7. The maximum absolute atomic E-state index is 12.9. The molecule has 272 valence electrons. The van der Waals surface area contributed by atoms with Gasteiger partial charge < -0.3 is 37.8 Å². The first-order valence-corrected chi connectivity index (χ1v) is 17.3. The normalized spacial score (nSPS) is 13.3. The molecular weight excluding hydrogens is 588 g/mol. The van der Waals surface area contributed by atoms with Crippen LogP contribution in [0.1, 0.15) is 133 Å². The van der Waals surface area contributed by atoms with Crippen LogP contribution in [0.5, 0.6) is 0 Å². The topological polar surface area (TPSA) is 206 Å². The molecule has 0 radical (unpaired) electrons. The van der Waals surface area contributed by atoms with E-state index in [4.69, 9.17) is 16.6 Å². The van der Waals surface area contributed by atoms with Crippen molar-refractivity contribution in [1.29, 1.82) is 0 Å². The molecule has 0 saturated carbocycles. The first kappa shape index (κ1) is 47.7. The second-order valence-electron chi connectivity index (χ2n) is 12.3. The number of aliphatic carboxylic acids is 1. The number of hydrogen-bond acceptors (Lipinski definition) is 7. The van der Waals surface area contributed by atoms with Crippen LogP contribution in [0.3, 0.4) is 0 Å². The summed E-state index contributed by atoms with van der Waals surface area (Å²) < 4.78 is 0. The highest BCUT2D eigenvalue weighted by molar-refractivity contribution is 5.93. The number of carbonyl (C=O) groups is 5. The van der Waals surface area contributed by atoms with Crippen molar-refractivity contribution in [2.75, 3.05) is 39.3 Å². The third-order valence-corrected chi connectivity index (χ3v) is 8.98. The lowest BCUT2D eigenvalue weighted by Crippen LogP contribution is -2.56. The smallest absolute Gasteiger partial charge is 0.303 e. The fourth-order valence-corrected chi connectivity index (χ4v) is 4.43. The van der Waals surface area contributed by atoms with E-state index in [0.717, 1.165) is 32.1 Å². The van der Waals surface area contributed by atoms with Crippen molar-refractivity contribution in [3.8, 4) is 0 Å². The van der Waals surface area contributed by atoms with E-state index in [1.54, 1.807) is 0 Å². The molecule has 0 aliphatic heterocycles. The van der Waals surface area contributed by atoms with E-state index >= 15 is 0 Å². The highest BCUT2D eigenvalue weighted by Crippen LogP contribution is 2.45. The molecular formula is C34H70N6O6. The van der Waals surface area contributed by atoms with Crippen molar-refractivity contribution < 1.29 is 29.1 Å². The Balaban J connectivity index is -0.000000799. The molecule has 0 spiro atoms. The Labute approximate surface area is 279 Å². The SMILES string of the molecule is CCC(C)(CC)C(=O)NCCCN.CCCC(=O)NCCCNC(=O)C(C)(CC)C(C)(CC)C(=O)NCCCN.CCCC(=O)O. The first-order chi connectivity index (χ1) is 21.6. The molecule has 0 saturated heterocycles. The van der Waals surface area contributed by atoms with Crippen molar-refractivity contribution in [1.82, 2.24) is 21.3 Å². The fraction of sp³-hybridized carbons (Fsp3) is 0.853. The number of nitrogens with two attached hydrogens (primary N) is 2. The van der Waals surface area contributed by atoms with Gasteiger partial charge >= 0.3 is 5.97 Å². The average molecular weight is 659 g/mol. The molecule has 9 N–H and O–H groups in total. The molecule has 0 aromatic rings. The molecule has 0 heterocycles. The Morgan fingerprint density at radius 3 is 1.22 bits per heavy atom. The molecule has 4 amide bonds. The second-order valence-corrected chi connectivity index (χ2v) is 12.3. The number of hydrogen-bond donors (Lipinski definition) is 7. The Kier molecular flexibility index (Phi) is 28.4. The van der Waals surface area contributed by atoms with Crippen molar-refractivity contribution in [2.45, 2.75) is 133 Å². The van der Waals surface area contributed by atoms with Gasteiger partial charge in [-0.1, -0.05) is 48.5 Å². The lowest BCUT2D eigenvalue weighted by Gasteiger charge is -2.43. The van der Waals surface area contributed by atoms with E-state index in [0.29, 0.717) is 77.8 Å².